The summed E-state index contributed by atoms with van der Waals surface area (Å²) < 4.78 is 0. The van der Waals surface area contributed by atoms with Crippen molar-refractivity contribution in [1.82, 2.24) is 0 Å². The molecule has 0 saturated carbocycles. The van der Waals surface area contributed by atoms with Crippen molar-refractivity contribution in [2.24, 2.45) is 5.10 Å². The highest BCUT2D eigenvalue weighted by molar-refractivity contribution is 6.33. The van der Waals surface area contributed by atoms with Crippen LogP contribution < -0.4 is 5.43 Å². The molecule has 0 unspecified atom stereocenters. The molecule has 0 aromatic heterocycles. The van der Waals surface area contributed by atoms with E-state index < -0.39 is 0 Å². The number of anilines is 1. The number of nitrogens with zero attached hydrogens (tertiary/aromatic N) is 1. The number of rotatable bonds is 3. The lowest BCUT2D eigenvalue weighted by atomic mass is 10.3. The average molecular weight is 197 g/mol. The first kappa shape index (κ1) is 10.1. The van der Waals surface area contributed by atoms with Crippen LogP contribution in [0.15, 0.2) is 29.4 Å². The van der Waals surface area contributed by atoms with E-state index in [0.29, 0.717) is 5.02 Å². The molecule has 3 heteroatoms. The van der Waals surface area contributed by atoms with Crippen molar-refractivity contribution in [2.45, 2.75) is 20.3 Å². The second-order valence-electron chi connectivity index (χ2n) is 2.79. The maximum absolute atomic E-state index is 5.92. The highest BCUT2D eigenvalue weighted by Crippen LogP contribution is 2.20. The van der Waals surface area contributed by atoms with Crippen molar-refractivity contribution in [3.8, 4) is 0 Å². The Labute approximate surface area is 83.6 Å². The summed E-state index contributed by atoms with van der Waals surface area (Å²) in [7, 11) is 0. The van der Waals surface area contributed by atoms with Gasteiger partial charge in [-0.15, -0.1) is 0 Å². The molecule has 0 saturated heterocycles. The van der Waals surface area contributed by atoms with Gasteiger partial charge in [0.05, 0.1) is 10.7 Å². The highest BCUT2D eigenvalue weighted by atomic mass is 35.5. The third-order valence-corrected chi connectivity index (χ3v) is 2.08. The summed E-state index contributed by atoms with van der Waals surface area (Å²) >= 11 is 5.92. The monoisotopic (exact) mass is 196 g/mol. The molecule has 1 N–H and O–H groups in total. The van der Waals surface area contributed by atoms with Crippen LogP contribution >= 0.6 is 11.6 Å². The standard InChI is InChI=1S/C10H13ClN2/c1-3-8(2)12-13-10-7-5-4-6-9(10)11/h4-7,13H,3H2,1-2H3/b12-8+. The zero-order valence-corrected chi connectivity index (χ0v) is 8.60. The van der Waals surface area contributed by atoms with Crippen LogP contribution in [0.3, 0.4) is 0 Å². The number of hydrogen-bond donors (Lipinski definition) is 1. The molecule has 70 valence electrons. The topological polar surface area (TPSA) is 24.4 Å². The van der Waals surface area contributed by atoms with Crippen LogP contribution in [0.5, 0.6) is 0 Å². The first-order chi connectivity index (χ1) is 6.24. The summed E-state index contributed by atoms with van der Waals surface area (Å²) in [5.41, 5.74) is 4.82. The molecule has 0 radical (unpaired) electrons. The summed E-state index contributed by atoms with van der Waals surface area (Å²) in [6.45, 7) is 4.04. The predicted octanol–water partition coefficient (Wildman–Crippen LogP) is 3.54. The lowest BCUT2D eigenvalue weighted by Gasteiger charge is -2.03. The van der Waals surface area contributed by atoms with Crippen LogP contribution in [-0.4, -0.2) is 5.71 Å². The third kappa shape index (κ3) is 3.07. The second-order valence-corrected chi connectivity index (χ2v) is 3.20. The van der Waals surface area contributed by atoms with Gasteiger partial charge < -0.3 is 0 Å². The molecule has 0 heterocycles. The molecule has 0 aliphatic carbocycles. The Morgan fingerprint density at radius 3 is 2.77 bits per heavy atom. The number of para-hydroxylation sites is 1. The molecular weight excluding hydrogens is 184 g/mol. The average Bonchev–Trinajstić information content (AvgIpc) is 2.16. The van der Waals surface area contributed by atoms with Crippen LogP contribution in [0.2, 0.25) is 5.02 Å². The van der Waals surface area contributed by atoms with Crippen LogP contribution in [0.25, 0.3) is 0 Å². The van der Waals surface area contributed by atoms with Gasteiger partial charge in [-0.25, -0.2) is 0 Å². The van der Waals surface area contributed by atoms with E-state index in [1.54, 1.807) is 0 Å². The Morgan fingerprint density at radius 2 is 2.15 bits per heavy atom. The Hall–Kier alpha value is -1.02. The summed E-state index contributed by atoms with van der Waals surface area (Å²) in [6.07, 6.45) is 0.942. The summed E-state index contributed by atoms with van der Waals surface area (Å²) in [5, 5.41) is 4.85. The van der Waals surface area contributed by atoms with Gasteiger partial charge in [-0.3, -0.25) is 5.43 Å². The van der Waals surface area contributed by atoms with Crippen molar-refractivity contribution in [2.75, 3.05) is 5.43 Å². The van der Waals surface area contributed by atoms with E-state index in [9.17, 15) is 0 Å². The number of hydrogen-bond acceptors (Lipinski definition) is 2. The van der Waals surface area contributed by atoms with Crippen molar-refractivity contribution in [3.05, 3.63) is 29.3 Å². The minimum atomic E-state index is 0.690. The molecule has 0 fully saturated rings. The van der Waals surface area contributed by atoms with Gasteiger partial charge in [0.25, 0.3) is 0 Å². The molecule has 1 rings (SSSR count). The maximum Gasteiger partial charge on any atom is 0.0748 e. The summed E-state index contributed by atoms with van der Waals surface area (Å²) in [5.74, 6) is 0. The Bertz CT molecular complexity index is 308. The van der Waals surface area contributed by atoms with Gasteiger partial charge >= 0.3 is 0 Å². The molecule has 1 aromatic rings. The molecule has 0 spiro atoms. The van der Waals surface area contributed by atoms with E-state index in [1.165, 1.54) is 0 Å². The number of benzene rings is 1. The van der Waals surface area contributed by atoms with Crippen molar-refractivity contribution >= 4 is 23.0 Å². The van der Waals surface area contributed by atoms with E-state index in [0.717, 1.165) is 17.8 Å². The first-order valence-electron chi connectivity index (χ1n) is 4.27. The van der Waals surface area contributed by atoms with Crippen LogP contribution in [0.1, 0.15) is 20.3 Å². The number of halogens is 1. The Balaban J connectivity index is 2.70. The Morgan fingerprint density at radius 1 is 1.46 bits per heavy atom. The fraction of sp³-hybridized carbons (Fsp3) is 0.300. The lowest BCUT2D eigenvalue weighted by Crippen LogP contribution is -1.95. The van der Waals surface area contributed by atoms with Gasteiger partial charge in [0.15, 0.2) is 0 Å². The third-order valence-electron chi connectivity index (χ3n) is 1.75. The molecular formula is C10H13ClN2. The number of hydrazone groups is 1. The first-order valence-corrected chi connectivity index (χ1v) is 4.65. The van der Waals surface area contributed by atoms with E-state index in [2.05, 4.69) is 17.5 Å². The van der Waals surface area contributed by atoms with Gasteiger partial charge in [-0.2, -0.15) is 5.10 Å². The van der Waals surface area contributed by atoms with E-state index in [1.807, 2.05) is 31.2 Å². The Kier molecular flexibility index (Phi) is 3.77. The molecule has 13 heavy (non-hydrogen) atoms. The fourth-order valence-electron chi connectivity index (χ4n) is 0.787. The van der Waals surface area contributed by atoms with Crippen molar-refractivity contribution < 1.29 is 0 Å². The van der Waals surface area contributed by atoms with Crippen LogP contribution in [0.4, 0.5) is 5.69 Å². The summed E-state index contributed by atoms with van der Waals surface area (Å²) in [4.78, 5) is 0. The SMILES string of the molecule is CC/C(C)=N/Nc1ccccc1Cl. The zero-order valence-electron chi connectivity index (χ0n) is 7.84. The molecule has 1 aromatic carbocycles. The largest absolute Gasteiger partial charge is 0.277 e. The van der Waals surface area contributed by atoms with Crippen molar-refractivity contribution in [1.29, 1.82) is 0 Å². The van der Waals surface area contributed by atoms with E-state index in [4.69, 9.17) is 11.6 Å². The van der Waals surface area contributed by atoms with Crippen LogP contribution in [-0.2, 0) is 0 Å². The smallest absolute Gasteiger partial charge is 0.0748 e. The zero-order chi connectivity index (χ0) is 9.68. The lowest BCUT2D eigenvalue weighted by molar-refractivity contribution is 1.21. The quantitative estimate of drug-likeness (QED) is 0.581. The van der Waals surface area contributed by atoms with Gasteiger partial charge in [0.2, 0.25) is 0 Å². The predicted molar refractivity (Wildman–Crippen MR) is 58.5 cm³/mol. The normalized spacial score (nSPS) is 11.5. The van der Waals surface area contributed by atoms with E-state index >= 15 is 0 Å². The van der Waals surface area contributed by atoms with Gasteiger partial charge in [0.1, 0.15) is 0 Å². The minimum absolute atomic E-state index is 0.690. The second kappa shape index (κ2) is 4.87. The van der Waals surface area contributed by atoms with Crippen molar-refractivity contribution in [3.63, 3.8) is 0 Å². The van der Waals surface area contributed by atoms with Crippen LogP contribution in [0, 0.1) is 0 Å². The minimum Gasteiger partial charge on any atom is -0.277 e. The highest BCUT2D eigenvalue weighted by Gasteiger charge is 1.95. The molecule has 0 aliphatic heterocycles. The molecule has 0 amide bonds. The van der Waals surface area contributed by atoms with Gasteiger partial charge in [0, 0.05) is 5.71 Å². The molecule has 0 aliphatic rings. The molecule has 2 nitrogen and oxygen atoms in total. The maximum atomic E-state index is 5.92. The molecule has 0 bridgehead atoms. The molecule has 0 atom stereocenters. The summed E-state index contributed by atoms with van der Waals surface area (Å²) in [6, 6.07) is 7.55. The van der Waals surface area contributed by atoms with Gasteiger partial charge in [-0.05, 0) is 25.5 Å². The number of nitrogens with one attached hydrogen (secondary N) is 1. The van der Waals surface area contributed by atoms with E-state index in [-0.39, 0.29) is 0 Å². The fourth-order valence-corrected chi connectivity index (χ4v) is 0.965. The van der Waals surface area contributed by atoms with Gasteiger partial charge in [-0.1, -0.05) is 30.7 Å².